The first-order valence-electron chi connectivity index (χ1n) is 10.7. The topological polar surface area (TPSA) is 104 Å². The maximum atomic E-state index is 13.2. The molecule has 0 aliphatic carbocycles. The van der Waals surface area contributed by atoms with E-state index in [1.165, 1.54) is 11.3 Å². The second kappa shape index (κ2) is 8.68. The maximum Gasteiger partial charge on any atom is 0.325 e. The lowest BCUT2D eigenvalue weighted by molar-refractivity contribution is -0.133. The molecule has 34 heavy (non-hydrogen) atoms. The predicted molar refractivity (Wildman–Crippen MR) is 129 cm³/mol. The third kappa shape index (κ3) is 4.13. The van der Waals surface area contributed by atoms with Crippen LogP contribution in [0, 0.1) is 0 Å². The molecule has 1 saturated heterocycles. The monoisotopic (exact) mass is 471 g/mol. The van der Waals surface area contributed by atoms with Crippen molar-refractivity contribution in [3.63, 3.8) is 0 Å². The maximum absolute atomic E-state index is 13.2. The number of urea groups is 1. The number of anilines is 1. The highest BCUT2D eigenvalue weighted by Gasteiger charge is 2.49. The molecule has 5 rings (SSSR count). The summed E-state index contributed by atoms with van der Waals surface area (Å²) in [7, 11) is 0. The smallest absolute Gasteiger partial charge is 0.319 e. The number of imide groups is 1. The summed E-state index contributed by atoms with van der Waals surface area (Å²) >= 11 is 1.26. The first-order chi connectivity index (χ1) is 16.4. The largest absolute Gasteiger partial charge is 0.325 e. The Morgan fingerprint density at radius 2 is 1.74 bits per heavy atom. The number of carbonyl (C=O) groups excluding carboxylic acids is 3. The Kier molecular flexibility index (Phi) is 5.54. The average molecular weight is 472 g/mol. The van der Waals surface area contributed by atoms with E-state index in [1.54, 1.807) is 6.92 Å². The van der Waals surface area contributed by atoms with Gasteiger partial charge in [0.2, 0.25) is 11.0 Å². The quantitative estimate of drug-likeness (QED) is 0.418. The fraction of sp³-hybridized carbons (Fsp3) is 0.160. The van der Waals surface area contributed by atoms with Crippen molar-refractivity contribution in [3.8, 4) is 0 Å². The molecule has 0 bridgehead atoms. The van der Waals surface area contributed by atoms with Crippen LogP contribution >= 0.6 is 11.3 Å². The van der Waals surface area contributed by atoms with Crippen molar-refractivity contribution in [1.82, 2.24) is 20.4 Å². The Labute approximate surface area is 199 Å². The highest BCUT2D eigenvalue weighted by atomic mass is 32.1. The fourth-order valence-electron chi connectivity index (χ4n) is 3.98. The van der Waals surface area contributed by atoms with Crippen molar-refractivity contribution in [1.29, 1.82) is 0 Å². The third-order valence-corrected chi connectivity index (χ3v) is 6.65. The summed E-state index contributed by atoms with van der Waals surface area (Å²) in [6, 6.07) is 22.6. The van der Waals surface area contributed by atoms with E-state index in [1.807, 2.05) is 72.8 Å². The van der Waals surface area contributed by atoms with Crippen LogP contribution in [-0.2, 0) is 21.5 Å². The molecule has 4 aromatic rings. The van der Waals surface area contributed by atoms with Gasteiger partial charge in [-0.1, -0.05) is 78.1 Å². The molecule has 1 aromatic heterocycles. The van der Waals surface area contributed by atoms with Crippen LogP contribution in [0.3, 0.4) is 0 Å². The highest BCUT2D eigenvalue weighted by Crippen LogP contribution is 2.31. The van der Waals surface area contributed by atoms with E-state index in [9.17, 15) is 14.4 Å². The van der Waals surface area contributed by atoms with Gasteiger partial charge in [0, 0.05) is 6.42 Å². The Morgan fingerprint density at radius 1 is 1.00 bits per heavy atom. The van der Waals surface area contributed by atoms with Crippen molar-refractivity contribution in [3.05, 3.63) is 88.9 Å². The predicted octanol–water partition coefficient (Wildman–Crippen LogP) is 3.69. The number of amides is 4. The van der Waals surface area contributed by atoms with Crippen LogP contribution in [0.2, 0.25) is 0 Å². The summed E-state index contributed by atoms with van der Waals surface area (Å²) in [5, 5.41) is 16.6. The molecule has 0 unspecified atom stereocenters. The van der Waals surface area contributed by atoms with Gasteiger partial charge in [0.15, 0.2) is 0 Å². The van der Waals surface area contributed by atoms with Gasteiger partial charge in [0.05, 0.1) is 0 Å². The van der Waals surface area contributed by atoms with Gasteiger partial charge in [-0.3, -0.25) is 19.8 Å². The van der Waals surface area contributed by atoms with Crippen LogP contribution in [0.5, 0.6) is 0 Å². The zero-order valence-corrected chi connectivity index (χ0v) is 19.1. The average Bonchev–Trinajstić information content (AvgIpc) is 3.36. The van der Waals surface area contributed by atoms with E-state index in [0.29, 0.717) is 17.1 Å². The van der Waals surface area contributed by atoms with Crippen LogP contribution < -0.4 is 10.6 Å². The Bertz CT molecular complexity index is 1400. The summed E-state index contributed by atoms with van der Waals surface area (Å²) < 4.78 is 0. The van der Waals surface area contributed by atoms with Gasteiger partial charge >= 0.3 is 6.03 Å². The lowest BCUT2D eigenvalue weighted by Gasteiger charge is -2.22. The second-order valence-corrected chi connectivity index (χ2v) is 9.28. The number of nitrogens with one attached hydrogen (secondary N) is 2. The molecular weight excluding hydrogens is 450 g/mol. The molecule has 170 valence electrons. The van der Waals surface area contributed by atoms with Gasteiger partial charge in [-0.15, -0.1) is 10.2 Å². The minimum absolute atomic E-state index is 0.320. The minimum Gasteiger partial charge on any atom is -0.319 e. The number of hydrogen-bond acceptors (Lipinski definition) is 6. The molecule has 8 nitrogen and oxygen atoms in total. The summed E-state index contributed by atoms with van der Waals surface area (Å²) in [6.45, 7) is 1.23. The molecule has 1 aliphatic heterocycles. The first kappa shape index (κ1) is 21.7. The molecule has 0 radical (unpaired) electrons. The SMILES string of the molecule is C[C@@]1(c2ccc3ccccc3c2)NC(=O)N(CC(=O)Nc2nnc(Cc3ccccc3)s2)C1=O. The van der Waals surface area contributed by atoms with Crippen molar-refractivity contribution < 1.29 is 14.4 Å². The minimum atomic E-state index is -1.26. The molecule has 2 heterocycles. The van der Waals surface area contributed by atoms with E-state index in [-0.39, 0.29) is 0 Å². The highest BCUT2D eigenvalue weighted by molar-refractivity contribution is 7.15. The Morgan fingerprint density at radius 3 is 2.53 bits per heavy atom. The molecule has 1 aliphatic rings. The van der Waals surface area contributed by atoms with E-state index < -0.39 is 29.9 Å². The van der Waals surface area contributed by atoms with Gasteiger partial charge < -0.3 is 5.32 Å². The Balaban J connectivity index is 1.27. The summed E-state index contributed by atoms with van der Waals surface area (Å²) in [4.78, 5) is 39.4. The summed E-state index contributed by atoms with van der Waals surface area (Å²) in [5.41, 5.74) is 0.485. The van der Waals surface area contributed by atoms with Crippen LogP contribution in [0.25, 0.3) is 10.8 Å². The number of benzene rings is 3. The number of aromatic nitrogens is 2. The van der Waals surface area contributed by atoms with E-state index >= 15 is 0 Å². The standard InChI is InChI=1S/C25H21N5O3S/c1-25(19-12-11-17-9-5-6-10-18(17)14-19)22(32)30(24(33)27-25)15-20(31)26-23-29-28-21(34-23)13-16-7-3-2-4-8-16/h2-12,14H,13,15H2,1H3,(H,27,33)(H,26,29,31)/t25-/m0/s1. The molecule has 3 aromatic carbocycles. The summed E-state index contributed by atoms with van der Waals surface area (Å²) in [6.07, 6.45) is 0.603. The first-order valence-corrected chi connectivity index (χ1v) is 11.5. The lowest BCUT2D eigenvalue weighted by atomic mass is 9.90. The molecule has 0 spiro atoms. The van der Waals surface area contributed by atoms with Crippen LogP contribution in [0.1, 0.15) is 23.1 Å². The van der Waals surface area contributed by atoms with Gasteiger partial charge in [0.1, 0.15) is 17.1 Å². The van der Waals surface area contributed by atoms with Gasteiger partial charge in [-0.25, -0.2) is 4.79 Å². The Hall–Kier alpha value is -4.11. The zero-order chi connectivity index (χ0) is 23.7. The van der Waals surface area contributed by atoms with Crippen molar-refractivity contribution in [2.24, 2.45) is 0 Å². The number of rotatable bonds is 6. The fourth-order valence-corrected chi connectivity index (χ4v) is 4.78. The number of nitrogens with zero attached hydrogens (tertiary/aromatic N) is 3. The molecule has 0 saturated carbocycles. The normalized spacial score (nSPS) is 17.7. The van der Waals surface area contributed by atoms with Crippen LogP contribution in [0.15, 0.2) is 72.8 Å². The number of carbonyl (C=O) groups is 3. The molecule has 1 fully saturated rings. The van der Waals surface area contributed by atoms with Crippen molar-refractivity contribution in [2.75, 3.05) is 11.9 Å². The van der Waals surface area contributed by atoms with E-state index in [0.717, 1.165) is 26.2 Å². The molecular formula is C25H21N5O3S. The molecule has 2 N–H and O–H groups in total. The van der Waals surface area contributed by atoms with E-state index in [2.05, 4.69) is 20.8 Å². The van der Waals surface area contributed by atoms with Crippen molar-refractivity contribution in [2.45, 2.75) is 18.9 Å². The zero-order valence-electron chi connectivity index (χ0n) is 18.3. The lowest BCUT2D eigenvalue weighted by Crippen LogP contribution is -2.42. The number of fused-ring (bicyclic) bond motifs is 1. The van der Waals surface area contributed by atoms with Crippen molar-refractivity contribution >= 4 is 45.1 Å². The number of hydrogen-bond donors (Lipinski definition) is 2. The van der Waals surface area contributed by atoms with E-state index in [4.69, 9.17) is 0 Å². The third-order valence-electron chi connectivity index (χ3n) is 5.81. The molecule has 4 amide bonds. The van der Waals surface area contributed by atoms with Crippen LogP contribution in [0.4, 0.5) is 9.93 Å². The van der Waals surface area contributed by atoms with Crippen LogP contribution in [-0.4, -0.2) is 39.5 Å². The van der Waals surface area contributed by atoms with Gasteiger partial charge in [-0.2, -0.15) is 0 Å². The second-order valence-electron chi connectivity index (χ2n) is 8.22. The van der Waals surface area contributed by atoms with Gasteiger partial charge in [-0.05, 0) is 34.9 Å². The summed E-state index contributed by atoms with van der Waals surface area (Å²) in [5.74, 6) is -1.00. The van der Waals surface area contributed by atoms with Gasteiger partial charge in [0.25, 0.3) is 5.91 Å². The molecule has 1 atom stereocenters. The molecule has 9 heteroatoms.